The van der Waals surface area contributed by atoms with Gasteiger partial charge < -0.3 is 4.74 Å². The number of esters is 1. The lowest BCUT2D eigenvalue weighted by molar-refractivity contribution is -0.152. The van der Waals surface area contributed by atoms with Crippen LogP contribution in [0.3, 0.4) is 0 Å². The number of para-hydroxylation sites is 2. The summed E-state index contributed by atoms with van der Waals surface area (Å²) in [6.45, 7) is 3.26. The lowest BCUT2D eigenvalue weighted by atomic mass is 10.0. The van der Waals surface area contributed by atoms with E-state index in [1.165, 1.54) is 0 Å². The molecule has 0 fully saturated rings. The maximum atomic E-state index is 13.4. The lowest BCUT2D eigenvalue weighted by Crippen LogP contribution is -2.47. The molecular formula is C28H24N2O5S. The third-order valence-electron chi connectivity index (χ3n) is 6.12. The monoisotopic (exact) mass is 500 g/mol. The van der Waals surface area contributed by atoms with Crippen molar-refractivity contribution in [3.8, 4) is 0 Å². The highest BCUT2D eigenvalue weighted by molar-refractivity contribution is 7.99. The molecule has 3 amide bonds. The van der Waals surface area contributed by atoms with Crippen molar-refractivity contribution in [1.82, 2.24) is 4.90 Å². The van der Waals surface area contributed by atoms with E-state index in [4.69, 9.17) is 4.74 Å². The van der Waals surface area contributed by atoms with Gasteiger partial charge in [-0.15, -0.1) is 0 Å². The summed E-state index contributed by atoms with van der Waals surface area (Å²) in [5.74, 6) is -2.25. The molecule has 8 heteroatoms. The molecule has 0 saturated carbocycles. The van der Waals surface area contributed by atoms with Crippen molar-refractivity contribution in [2.24, 2.45) is 5.92 Å². The third-order valence-corrected chi connectivity index (χ3v) is 7.25. The molecule has 0 radical (unpaired) electrons. The SMILES string of the molecule is CC(C)C[C@@H](C(=O)OCC(=O)N1c2ccccc2Sc2ccccc21)N1C(=O)c2ccccc2C1=O. The molecule has 182 valence electrons. The van der Waals surface area contributed by atoms with Crippen LogP contribution in [0.5, 0.6) is 0 Å². The average molecular weight is 501 g/mol. The maximum Gasteiger partial charge on any atom is 0.329 e. The molecule has 0 aliphatic carbocycles. The largest absolute Gasteiger partial charge is 0.454 e. The Morgan fingerprint density at radius 1 is 0.806 bits per heavy atom. The standard InChI is InChI=1S/C28H24N2O5S/c1-17(2)15-22(30-26(32)18-9-3-4-10-19(18)27(30)33)28(34)35-16-25(31)29-20-11-5-7-13-23(20)36-24-14-8-6-12-21(24)29/h3-14,17,22H,15-16H2,1-2H3/t22-/m0/s1. The Balaban J connectivity index is 1.37. The minimum absolute atomic E-state index is 0.000405. The smallest absolute Gasteiger partial charge is 0.329 e. The second kappa shape index (κ2) is 9.62. The Morgan fingerprint density at radius 3 is 1.83 bits per heavy atom. The van der Waals surface area contributed by atoms with Crippen molar-refractivity contribution >= 4 is 46.8 Å². The third kappa shape index (κ3) is 4.18. The first kappa shape index (κ1) is 23.8. The van der Waals surface area contributed by atoms with Crippen LogP contribution in [0.15, 0.2) is 82.6 Å². The van der Waals surface area contributed by atoms with Crippen LogP contribution < -0.4 is 4.90 Å². The highest BCUT2D eigenvalue weighted by atomic mass is 32.2. The van der Waals surface area contributed by atoms with Gasteiger partial charge in [-0.3, -0.25) is 24.2 Å². The van der Waals surface area contributed by atoms with Gasteiger partial charge in [0.1, 0.15) is 6.04 Å². The van der Waals surface area contributed by atoms with Crippen LogP contribution in [-0.4, -0.2) is 41.2 Å². The first-order chi connectivity index (χ1) is 17.4. The summed E-state index contributed by atoms with van der Waals surface area (Å²) >= 11 is 1.57. The first-order valence-electron chi connectivity index (χ1n) is 11.7. The zero-order valence-corrected chi connectivity index (χ0v) is 20.7. The Labute approximate surface area is 213 Å². The van der Waals surface area contributed by atoms with Crippen molar-refractivity contribution < 1.29 is 23.9 Å². The Morgan fingerprint density at radius 2 is 1.31 bits per heavy atom. The molecular weight excluding hydrogens is 476 g/mol. The van der Waals surface area contributed by atoms with Gasteiger partial charge >= 0.3 is 5.97 Å². The average Bonchev–Trinajstić information content (AvgIpc) is 3.13. The van der Waals surface area contributed by atoms with E-state index in [0.29, 0.717) is 11.4 Å². The number of nitrogens with zero attached hydrogens (tertiary/aromatic N) is 2. The van der Waals surface area contributed by atoms with E-state index in [1.807, 2.05) is 62.4 Å². The fraction of sp³-hybridized carbons (Fsp3) is 0.214. The van der Waals surface area contributed by atoms with Crippen molar-refractivity contribution in [3.63, 3.8) is 0 Å². The molecule has 2 aliphatic rings. The molecule has 3 aromatic rings. The second-order valence-electron chi connectivity index (χ2n) is 9.05. The fourth-order valence-corrected chi connectivity index (χ4v) is 5.57. The number of benzene rings is 3. The van der Waals surface area contributed by atoms with E-state index in [-0.39, 0.29) is 23.5 Å². The van der Waals surface area contributed by atoms with Gasteiger partial charge in [0, 0.05) is 9.79 Å². The van der Waals surface area contributed by atoms with Crippen molar-refractivity contribution in [2.75, 3.05) is 11.5 Å². The second-order valence-corrected chi connectivity index (χ2v) is 10.1. The molecule has 3 aromatic carbocycles. The fourth-order valence-electron chi connectivity index (χ4n) is 4.51. The molecule has 0 spiro atoms. The van der Waals surface area contributed by atoms with Gasteiger partial charge in [0.15, 0.2) is 6.61 Å². The van der Waals surface area contributed by atoms with Gasteiger partial charge in [-0.05, 0) is 48.7 Å². The molecule has 2 aliphatic heterocycles. The molecule has 0 N–H and O–H groups in total. The summed E-state index contributed by atoms with van der Waals surface area (Å²) in [5.41, 5.74) is 1.95. The van der Waals surface area contributed by atoms with E-state index in [0.717, 1.165) is 14.7 Å². The molecule has 1 atom stereocenters. The molecule has 0 bridgehead atoms. The summed E-state index contributed by atoms with van der Waals surface area (Å²) < 4.78 is 5.48. The summed E-state index contributed by atoms with van der Waals surface area (Å²) in [6.07, 6.45) is 0.227. The Kier molecular flexibility index (Phi) is 6.36. The predicted molar refractivity (Wildman–Crippen MR) is 135 cm³/mol. The number of ether oxygens (including phenoxy) is 1. The van der Waals surface area contributed by atoms with E-state index >= 15 is 0 Å². The zero-order valence-electron chi connectivity index (χ0n) is 19.8. The summed E-state index contributed by atoms with van der Waals surface area (Å²) in [6, 6.07) is 20.4. The van der Waals surface area contributed by atoms with Gasteiger partial charge in [0.25, 0.3) is 17.7 Å². The predicted octanol–water partition coefficient (Wildman–Crippen LogP) is 5.07. The van der Waals surface area contributed by atoms with E-state index in [9.17, 15) is 19.2 Å². The van der Waals surface area contributed by atoms with Gasteiger partial charge in [0.2, 0.25) is 0 Å². The van der Waals surface area contributed by atoms with Crippen molar-refractivity contribution in [3.05, 3.63) is 83.9 Å². The maximum absolute atomic E-state index is 13.4. The van der Waals surface area contributed by atoms with Crippen LogP contribution in [0.4, 0.5) is 11.4 Å². The number of carbonyl (C=O) groups excluding carboxylic acids is 4. The van der Waals surface area contributed by atoms with Gasteiger partial charge in [-0.25, -0.2) is 4.79 Å². The van der Waals surface area contributed by atoms with Crippen LogP contribution in [0.1, 0.15) is 41.0 Å². The van der Waals surface area contributed by atoms with Crippen LogP contribution in [0, 0.1) is 5.92 Å². The summed E-state index contributed by atoms with van der Waals surface area (Å²) in [7, 11) is 0. The number of hydrogen-bond acceptors (Lipinski definition) is 6. The molecule has 36 heavy (non-hydrogen) atoms. The molecule has 7 nitrogen and oxygen atoms in total. The normalized spacial score (nSPS) is 14.9. The number of hydrogen-bond donors (Lipinski definition) is 0. The number of carbonyl (C=O) groups is 4. The highest BCUT2D eigenvalue weighted by Gasteiger charge is 2.43. The number of rotatable bonds is 6. The van der Waals surface area contributed by atoms with Crippen LogP contribution in [0.25, 0.3) is 0 Å². The Bertz CT molecular complexity index is 1310. The summed E-state index contributed by atoms with van der Waals surface area (Å²) in [5, 5.41) is 0. The van der Waals surface area contributed by atoms with Crippen molar-refractivity contribution in [1.29, 1.82) is 0 Å². The number of fused-ring (bicyclic) bond motifs is 3. The van der Waals surface area contributed by atoms with Crippen LogP contribution in [-0.2, 0) is 14.3 Å². The van der Waals surface area contributed by atoms with Gasteiger partial charge in [0.05, 0.1) is 22.5 Å². The first-order valence-corrected chi connectivity index (χ1v) is 12.5. The van der Waals surface area contributed by atoms with E-state index < -0.39 is 36.3 Å². The topological polar surface area (TPSA) is 84.0 Å². The lowest BCUT2D eigenvalue weighted by Gasteiger charge is -2.31. The number of amides is 3. The number of anilines is 2. The van der Waals surface area contributed by atoms with E-state index in [2.05, 4.69) is 0 Å². The van der Waals surface area contributed by atoms with Gasteiger partial charge in [-0.2, -0.15) is 0 Å². The molecule has 2 heterocycles. The Hall–Kier alpha value is -3.91. The number of imide groups is 1. The quantitative estimate of drug-likeness (QED) is 0.347. The molecule has 0 unspecified atom stereocenters. The molecule has 0 aromatic heterocycles. The molecule has 5 rings (SSSR count). The zero-order chi connectivity index (χ0) is 25.4. The van der Waals surface area contributed by atoms with Crippen molar-refractivity contribution in [2.45, 2.75) is 36.1 Å². The van der Waals surface area contributed by atoms with Gasteiger partial charge in [-0.1, -0.05) is 62.0 Å². The van der Waals surface area contributed by atoms with Crippen LogP contribution >= 0.6 is 11.8 Å². The highest BCUT2D eigenvalue weighted by Crippen LogP contribution is 2.47. The minimum Gasteiger partial charge on any atom is -0.454 e. The minimum atomic E-state index is -1.12. The summed E-state index contributed by atoms with van der Waals surface area (Å²) in [4.78, 5) is 57.0. The van der Waals surface area contributed by atoms with Crippen LogP contribution in [0.2, 0.25) is 0 Å². The molecule has 0 saturated heterocycles. The van der Waals surface area contributed by atoms with E-state index in [1.54, 1.807) is 40.9 Å².